The number of amides is 2. The lowest BCUT2D eigenvalue weighted by atomic mass is 9.81. The van der Waals surface area contributed by atoms with Crippen LogP contribution in [0, 0.1) is 0 Å². The minimum atomic E-state index is -5.04. The molecule has 0 fully saturated rings. The Kier molecular flexibility index (Phi) is 30.7. The third-order valence-corrected chi connectivity index (χ3v) is 19.5. The van der Waals surface area contributed by atoms with Crippen molar-refractivity contribution in [2.24, 2.45) is 0 Å². The number of unbranched alkanes of at least 4 members (excludes halogenated alkanes) is 8. The zero-order valence-electron chi connectivity index (χ0n) is 49.2. The summed E-state index contributed by atoms with van der Waals surface area (Å²) >= 11 is 0.833. The van der Waals surface area contributed by atoms with Crippen LogP contribution < -0.4 is 31.4 Å². The maximum Gasteiger partial charge on any atom is 0.471 e. The molecule has 0 saturated carbocycles. The number of halogens is 6. The number of aliphatic hydroxyl groups excluding tert-OH is 1. The molecular weight excluding hydrogens is 1220 g/mol. The molecule has 0 bridgehead atoms. The summed E-state index contributed by atoms with van der Waals surface area (Å²) in [4.78, 5) is 24.5. The van der Waals surface area contributed by atoms with Crippen molar-refractivity contribution in [3.63, 3.8) is 0 Å². The summed E-state index contributed by atoms with van der Waals surface area (Å²) in [5.41, 5.74) is 2.80. The first-order valence-corrected chi connectivity index (χ1v) is 34.1. The van der Waals surface area contributed by atoms with Gasteiger partial charge in [0.05, 0.1) is 48.2 Å². The van der Waals surface area contributed by atoms with Crippen molar-refractivity contribution in [1.82, 2.24) is 10.6 Å². The van der Waals surface area contributed by atoms with E-state index in [0.29, 0.717) is 74.4 Å². The molecular formula is C56H82F6N4O16P2S2. The summed E-state index contributed by atoms with van der Waals surface area (Å²) in [5, 5.41) is 27.4. The van der Waals surface area contributed by atoms with Gasteiger partial charge in [-0.1, -0.05) is 57.8 Å². The molecule has 20 nitrogen and oxygen atoms in total. The number of carbonyl (C=O) groups excluding carboxylic acids is 2. The molecule has 0 spiro atoms. The summed E-state index contributed by atoms with van der Waals surface area (Å²) in [6.07, 6.45) is 5.56. The third-order valence-electron chi connectivity index (χ3n) is 14.2. The Balaban J connectivity index is 1.68. The Bertz CT molecular complexity index is 2850. The second-order valence-electron chi connectivity index (χ2n) is 21.4. The van der Waals surface area contributed by atoms with Crippen LogP contribution in [-0.2, 0) is 71.9 Å². The van der Waals surface area contributed by atoms with Gasteiger partial charge in [0.15, 0.2) is 5.71 Å². The molecule has 2 aliphatic heterocycles. The molecule has 0 aromatic heterocycles. The largest absolute Gasteiger partial charge is 0.691 e. The van der Waals surface area contributed by atoms with E-state index in [9.17, 15) is 68.4 Å². The van der Waals surface area contributed by atoms with E-state index >= 15 is 0 Å². The van der Waals surface area contributed by atoms with Gasteiger partial charge >= 0.3 is 39.4 Å². The van der Waals surface area contributed by atoms with Crippen molar-refractivity contribution in [3.05, 3.63) is 83.6 Å². The van der Waals surface area contributed by atoms with Crippen LogP contribution in [0.4, 0.5) is 37.7 Å². The van der Waals surface area contributed by atoms with Gasteiger partial charge in [0.2, 0.25) is 5.69 Å². The molecule has 2 heterocycles. The normalized spacial score (nSPS) is 17.0. The van der Waals surface area contributed by atoms with Gasteiger partial charge < -0.3 is 48.7 Å². The zero-order valence-corrected chi connectivity index (χ0v) is 52.6. The minimum Gasteiger partial charge on any atom is -0.691 e. The predicted molar refractivity (Wildman–Crippen MR) is 314 cm³/mol. The van der Waals surface area contributed by atoms with Gasteiger partial charge in [0.25, 0.3) is 10.1 Å². The first kappa shape index (κ1) is 74.5. The molecule has 4 rings (SSSR count). The molecule has 486 valence electrons. The monoisotopic (exact) mass is 1310 g/mol. The SMILES string of the molecule is COCCCCCCOP(=O)(OCCCCNC(=O)C(F)(F)F)c1ccc2c(c1)C(C)(C)/C(=C/C=C/C=C/C1=[N+](CCCSOO[O-])c3ccc(P(=O)(OCCCCCCO)OCCCCNC(=O)C(F)(F)F)cc3C1(C)C)N2CCCS(=O)(=O)O. The fraction of sp³-hybridized carbons (Fsp3) is 0.625. The maximum absolute atomic E-state index is 14.8. The summed E-state index contributed by atoms with van der Waals surface area (Å²) in [6.45, 7) is 8.22. The van der Waals surface area contributed by atoms with E-state index in [0.717, 1.165) is 48.3 Å². The number of nitrogens with zero attached hydrogens (tertiary/aromatic N) is 2. The minimum absolute atomic E-state index is 0.0232. The molecule has 30 heteroatoms. The van der Waals surface area contributed by atoms with E-state index in [4.69, 9.17) is 22.8 Å². The van der Waals surface area contributed by atoms with Crippen LogP contribution >= 0.6 is 27.2 Å². The average molecular weight is 1310 g/mol. The number of allylic oxidation sites excluding steroid dienone is 6. The quantitative estimate of drug-likeness (QED) is 0.00555. The molecule has 2 aromatic rings. The Morgan fingerprint density at radius 1 is 0.698 bits per heavy atom. The molecule has 0 saturated heterocycles. The molecule has 2 aliphatic rings. The number of hydrogen-bond acceptors (Lipinski definition) is 17. The van der Waals surface area contributed by atoms with Crippen LogP contribution in [0.3, 0.4) is 0 Å². The Hall–Kier alpha value is -3.99. The second-order valence-corrected chi connectivity index (χ2v) is 27.8. The number of ether oxygens (including phenoxy) is 1. The van der Waals surface area contributed by atoms with Crippen LogP contribution in [0.15, 0.2) is 72.5 Å². The van der Waals surface area contributed by atoms with Gasteiger partial charge in [0, 0.05) is 98.7 Å². The van der Waals surface area contributed by atoms with Crippen molar-refractivity contribution in [2.75, 3.05) is 89.3 Å². The smallest absolute Gasteiger partial charge is 0.471 e. The zero-order chi connectivity index (χ0) is 63.7. The average Bonchev–Trinajstić information content (AvgIpc) is 1.61. The van der Waals surface area contributed by atoms with Gasteiger partial charge in [-0.05, 0) is 114 Å². The highest BCUT2D eigenvalue weighted by Gasteiger charge is 2.46. The van der Waals surface area contributed by atoms with Crippen LogP contribution in [0.5, 0.6) is 0 Å². The first-order valence-electron chi connectivity index (χ1n) is 28.5. The molecule has 2 unspecified atom stereocenters. The van der Waals surface area contributed by atoms with Crippen LogP contribution in [-0.4, -0.2) is 137 Å². The summed E-state index contributed by atoms with van der Waals surface area (Å²) in [6, 6.07) is 10.2. The lowest BCUT2D eigenvalue weighted by molar-refractivity contribution is -0.777. The molecule has 2 aromatic carbocycles. The van der Waals surface area contributed by atoms with Gasteiger partial charge in [-0.25, -0.2) is 0 Å². The number of nitrogens with one attached hydrogen (secondary N) is 2. The number of hydrogen-bond donors (Lipinski definition) is 4. The molecule has 2 amide bonds. The first-order chi connectivity index (χ1) is 40.6. The second kappa shape index (κ2) is 35.4. The van der Waals surface area contributed by atoms with Crippen molar-refractivity contribution in [2.45, 2.75) is 141 Å². The third kappa shape index (κ3) is 23.1. The van der Waals surface area contributed by atoms with Gasteiger partial charge in [-0.15, -0.1) is 0 Å². The highest BCUT2D eigenvalue weighted by molar-refractivity contribution is 7.94. The number of methoxy groups -OCH3 is 1. The van der Waals surface area contributed by atoms with Gasteiger partial charge in [-0.2, -0.15) is 43.7 Å². The van der Waals surface area contributed by atoms with E-state index in [1.165, 1.54) is 0 Å². The van der Waals surface area contributed by atoms with E-state index in [-0.39, 0.29) is 95.4 Å². The summed E-state index contributed by atoms with van der Waals surface area (Å²) in [5.74, 6) is -4.29. The number of benzene rings is 2. The molecule has 2 atom stereocenters. The summed E-state index contributed by atoms with van der Waals surface area (Å²) in [7, 11) is -10.9. The van der Waals surface area contributed by atoms with Crippen LogP contribution in [0.1, 0.15) is 129 Å². The van der Waals surface area contributed by atoms with Crippen molar-refractivity contribution < 1.29 is 105 Å². The predicted octanol–water partition coefficient (Wildman–Crippen LogP) is 9.78. The Morgan fingerprint density at radius 3 is 1.72 bits per heavy atom. The van der Waals surface area contributed by atoms with Crippen molar-refractivity contribution in [3.8, 4) is 0 Å². The number of fused-ring (bicyclic) bond motifs is 2. The van der Waals surface area contributed by atoms with E-state index in [1.807, 2.05) is 61.5 Å². The highest BCUT2D eigenvalue weighted by atomic mass is 32.2. The fourth-order valence-corrected chi connectivity index (χ4v) is 13.8. The number of carbonyl (C=O) groups is 2. The highest BCUT2D eigenvalue weighted by Crippen LogP contribution is 2.53. The maximum atomic E-state index is 14.8. The number of anilines is 1. The molecule has 0 radical (unpaired) electrons. The fourth-order valence-electron chi connectivity index (χ4n) is 9.69. The number of rotatable bonds is 42. The van der Waals surface area contributed by atoms with Crippen molar-refractivity contribution in [1.29, 1.82) is 0 Å². The number of aliphatic hydroxyl groups is 1. The van der Waals surface area contributed by atoms with Crippen LogP contribution in [0.2, 0.25) is 0 Å². The molecule has 86 heavy (non-hydrogen) atoms. The Labute approximate surface area is 504 Å². The lowest BCUT2D eigenvalue weighted by Gasteiger charge is -2.27. The van der Waals surface area contributed by atoms with Gasteiger partial charge in [0.1, 0.15) is 6.54 Å². The number of alkyl halides is 6. The van der Waals surface area contributed by atoms with E-state index < -0.39 is 66.1 Å². The standard InChI is InChI=1S/C56H82F6N4O16P2S2/c1-53(2)45-41-43(83(71,77-35-17-7-6-15-33-67)79-37-19-13-29-63-51(68)55(57,58)59)25-27-47(45)65(31-21-39-85-82-81-70)49(53)23-11-10-12-24-50-54(3,4)46-42-44(26-28-48(46)66(50)32-22-40-86(73,74)75)84(72,78-36-18-9-8-16-34-76-5)80-38-20-14-30-64-52(69)56(60,61)62/h10-12,23-28,41-42,67H,6-9,13-22,29-40H2,1-5H3,(H3-,63,64,68,69,70,73,74,75). The summed E-state index contributed by atoms with van der Waals surface area (Å²) < 4.78 is 175. The van der Waals surface area contributed by atoms with Crippen molar-refractivity contribution >= 4 is 76.9 Å². The van der Waals surface area contributed by atoms with Gasteiger partial charge in [-0.3, -0.25) is 28.3 Å². The van der Waals surface area contributed by atoms with E-state index in [2.05, 4.69) is 13.9 Å². The Morgan fingerprint density at radius 2 is 1.21 bits per heavy atom. The topological polar surface area (TPSA) is 261 Å². The molecule has 4 N–H and O–H groups in total. The van der Waals surface area contributed by atoms with Crippen LogP contribution in [0.25, 0.3) is 0 Å². The molecule has 0 aliphatic carbocycles. The lowest BCUT2D eigenvalue weighted by Crippen LogP contribution is -2.37. The van der Waals surface area contributed by atoms with E-state index in [1.54, 1.807) is 55.7 Å².